The average molecular weight is 358 g/mol. The first-order valence-corrected chi connectivity index (χ1v) is 4.09. The predicted octanol–water partition coefficient (Wildman–Crippen LogP) is -2.03. The molecule has 0 aromatic carbocycles. The van der Waals surface area contributed by atoms with Gasteiger partial charge >= 0.3 is 27.3 Å². The second-order valence-corrected chi connectivity index (χ2v) is 2.61. The van der Waals surface area contributed by atoms with E-state index in [4.69, 9.17) is 0 Å². The summed E-state index contributed by atoms with van der Waals surface area (Å²) < 4.78 is 1.28. The molecule has 0 aromatic heterocycles. The van der Waals surface area contributed by atoms with Crippen LogP contribution < -0.4 is 4.70 Å². The Kier molecular flexibility index (Phi) is 14.4. The maximum absolute atomic E-state index is 2.27. The summed E-state index contributed by atoms with van der Waals surface area (Å²) in [6, 6.07) is 0. The Morgan fingerprint density at radius 2 is 0.909 bits per heavy atom. The number of halogens is 1. The van der Waals surface area contributed by atoms with Gasteiger partial charge in [0.2, 0.25) is 0 Å². The third kappa shape index (κ3) is 5.11. The molecule has 0 spiro atoms. The van der Waals surface area contributed by atoms with Gasteiger partial charge in [-0.25, -0.2) is 0 Å². The van der Waals surface area contributed by atoms with E-state index >= 15 is 0 Å². The number of hydrogen-bond acceptors (Lipinski definition) is 0. The molecule has 0 heterocycles. The first-order valence-electron chi connectivity index (χ1n) is 4.09. The summed E-state index contributed by atoms with van der Waals surface area (Å²) in [5.74, 6) is 0. The predicted molar refractivity (Wildman–Crippen MR) is 51.0 cm³/mol. The first kappa shape index (κ1) is 17.8. The van der Waals surface area contributed by atoms with Gasteiger partial charge in [0, 0.05) is 0 Å². The van der Waals surface area contributed by atoms with Gasteiger partial charge in [-0.1, -0.05) is 0 Å². The van der Waals surface area contributed by atoms with Gasteiger partial charge in [0.25, 0.3) is 0 Å². The van der Waals surface area contributed by atoms with Crippen LogP contribution in [0.3, 0.4) is 0 Å². The standard InChI is InChI=1S/C8H20N.FH.Pb.2H/c1-5-9(6-2,7-3)8-4;;;;/h5-8H2,1-4H3;1H;;;/q+1;;;;/p-1. The van der Waals surface area contributed by atoms with Crippen LogP contribution in [0.1, 0.15) is 27.7 Å². The summed E-state index contributed by atoms with van der Waals surface area (Å²) in [5, 5.41) is 0. The van der Waals surface area contributed by atoms with Gasteiger partial charge in [-0.05, 0) is 27.7 Å². The molecule has 1 nitrogen and oxygen atoms in total. The molecule has 0 fully saturated rings. The SMILES string of the molecule is CC[N+](CC)(CC)CC.[F-].[PbH2]. The number of rotatable bonds is 4. The van der Waals surface area contributed by atoms with Gasteiger partial charge < -0.3 is 9.19 Å². The van der Waals surface area contributed by atoms with Gasteiger partial charge in [-0.2, -0.15) is 0 Å². The molecule has 0 unspecified atom stereocenters. The topological polar surface area (TPSA) is 0 Å². The van der Waals surface area contributed by atoms with E-state index in [0.717, 1.165) is 0 Å². The van der Waals surface area contributed by atoms with Crippen molar-refractivity contribution in [3.05, 3.63) is 0 Å². The molecule has 0 saturated carbocycles. The van der Waals surface area contributed by atoms with Crippen molar-refractivity contribution in [3.8, 4) is 0 Å². The van der Waals surface area contributed by atoms with E-state index in [9.17, 15) is 0 Å². The van der Waals surface area contributed by atoms with Gasteiger partial charge in [-0.15, -0.1) is 0 Å². The van der Waals surface area contributed by atoms with Crippen molar-refractivity contribution >= 4 is 27.3 Å². The quantitative estimate of drug-likeness (QED) is 0.402. The zero-order valence-electron chi connectivity index (χ0n) is 8.36. The molecule has 0 aliphatic heterocycles. The van der Waals surface area contributed by atoms with Crippen LogP contribution in [-0.2, 0) is 0 Å². The van der Waals surface area contributed by atoms with E-state index in [1.54, 1.807) is 0 Å². The molecule has 0 atom stereocenters. The Morgan fingerprint density at radius 1 is 0.727 bits per heavy atom. The van der Waals surface area contributed by atoms with Gasteiger partial charge in [0.05, 0.1) is 26.2 Å². The summed E-state index contributed by atoms with van der Waals surface area (Å²) in [4.78, 5) is 0. The molecule has 0 rings (SSSR count). The molecule has 0 aromatic rings. The molecule has 0 aliphatic rings. The number of nitrogens with zero attached hydrogens (tertiary/aromatic N) is 1. The second kappa shape index (κ2) is 8.90. The third-order valence-electron chi connectivity index (χ3n) is 2.68. The first-order chi connectivity index (χ1) is 4.24. The summed E-state index contributed by atoms with van der Waals surface area (Å²) in [6.45, 7) is 14.2. The van der Waals surface area contributed by atoms with E-state index < -0.39 is 0 Å². The minimum atomic E-state index is 0. The molecule has 3 heteroatoms. The van der Waals surface area contributed by atoms with E-state index in [-0.39, 0.29) is 32.0 Å². The molecule has 0 aliphatic carbocycles. The normalized spacial score (nSPS) is 9.82. The molecule has 0 amide bonds. The van der Waals surface area contributed by atoms with Gasteiger partial charge in [0.1, 0.15) is 0 Å². The van der Waals surface area contributed by atoms with Crippen LogP contribution in [0, 0.1) is 0 Å². The fourth-order valence-corrected chi connectivity index (χ4v) is 1.34. The molecule has 2 radical (unpaired) electrons. The summed E-state index contributed by atoms with van der Waals surface area (Å²) in [5.41, 5.74) is 0. The Balaban J connectivity index is -0.000000320. The summed E-state index contributed by atoms with van der Waals surface area (Å²) in [6.07, 6.45) is 0. The summed E-state index contributed by atoms with van der Waals surface area (Å²) in [7, 11) is 0. The monoisotopic (exact) mass is 359 g/mol. The van der Waals surface area contributed by atoms with E-state index in [1.165, 1.54) is 30.7 Å². The minimum absolute atomic E-state index is 0. The van der Waals surface area contributed by atoms with Crippen LogP contribution in [0.4, 0.5) is 0 Å². The maximum atomic E-state index is 2.27. The van der Waals surface area contributed by atoms with Crippen LogP contribution in [0.25, 0.3) is 0 Å². The molecule has 0 N–H and O–H groups in total. The fourth-order valence-electron chi connectivity index (χ4n) is 1.34. The molecule has 0 bridgehead atoms. The Hall–Kier alpha value is 0.812. The van der Waals surface area contributed by atoms with Gasteiger partial charge in [-0.3, -0.25) is 0 Å². The fraction of sp³-hybridized carbons (Fsp3) is 1.00. The van der Waals surface area contributed by atoms with Crippen molar-refractivity contribution in [2.75, 3.05) is 26.2 Å². The Bertz CT molecular complexity index is 57.0. The molecule has 0 saturated heterocycles. The van der Waals surface area contributed by atoms with E-state index in [1.807, 2.05) is 0 Å². The number of hydrogen-bond donors (Lipinski definition) is 0. The van der Waals surface area contributed by atoms with Crippen LogP contribution in [0.15, 0.2) is 0 Å². The zero-order chi connectivity index (χ0) is 7.33. The third-order valence-corrected chi connectivity index (χ3v) is 2.68. The van der Waals surface area contributed by atoms with E-state index in [0.29, 0.717) is 0 Å². The van der Waals surface area contributed by atoms with Crippen molar-refractivity contribution in [1.29, 1.82) is 0 Å². The second-order valence-electron chi connectivity index (χ2n) is 2.61. The molecule has 11 heavy (non-hydrogen) atoms. The van der Waals surface area contributed by atoms with Crippen molar-refractivity contribution in [2.45, 2.75) is 27.7 Å². The van der Waals surface area contributed by atoms with Crippen LogP contribution >= 0.6 is 0 Å². The Labute approximate surface area is 90.3 Å². The van der Waals surface area contributed by atoms with Crippen molar-refractivity contribution in [3.63, 3.8) is 0 Å². The zero-order valence-corrected chi connectivity index (χ0v) is 13.9. The van der Waals surface area contributed by atoms with Crippen LogP contribution in [0.5, 0.6) is 0 Å². The van der Waals surface area contributed by atoms with Crippen LogP contribution in [-0.4, -0.2) is 58.0 Å². The molecular formula is C8H22FNPb. The van der Waals surface area contributed by atoms with Crippen molar-refractivity contribution < 1.29 is 9.19 Å². The summed E-state index contributed by atoms with van der Waals surface area (Å²) >= 11 is 0. The van der Waals surface area contributed by atoms with Crippen molar-refractivity contribution in [2.24, 2.45) is 0 Å². The van der Waals surface area contributed by atoms with Crippen LogP contribution in [0.2, 0.25) is 0 Å². The Morgan fingerprint density at radius 3 is 0.909 bits per heavy atom. The molecular weight excluding hydrogens is 336 g/mol. The number of quaternary nitrogens is 1. The average Bonchev–Trinajstić information content (AvgIpc) is 1.95. The van der Waals surface area contributed by atoms with Gasteiger partial charge in [0.15, 0.2) is 0 Å². The van der Waals surface area contributed by atoms with Crippen molar-refractivity contribution in [1.82, 2.24) is 0 Å². The molecule has 70 valence electrons. The van der Waals surface area contributed by atoms with E-state index in [2.05, 4.69) is 27.7 Å².